The van der Waals surface area contributed by atoms with E-state index in [0.717, 1.165) is 48.7 Å². The number of amides is 1. The summed E-state index contributed by atoms with van der Waals surface area (Å²) in [6.07, 6.45) is 0.975. The van der Waals surface area contributed by atoms with Crippen molar-refractivity contribution in [3.63, 3.8) is 0 Å². The van der Waals surface area contributed by atoms with Gasteiger partial charge in [-0.15, -0.1) is 11.3 Å². The quantitative estimate of drug-likeness (QED) is 0.900. The van der Waals surface area contributed by atoms with E-state index in [1.807, 2.05) is 12.1 Å². The predicted octanol–water partition coefficient (Wildman–Crippen LogP) is 3.93. The largest absolute Gasteiger partial charge is 0.369 e. The van der Waals surface area contributed by atoms with Gasteiger partial charge in [-0.2, -0.15) is 0 Å². The minimum Gasteiger partial charge on any atom is -0.369 e. The van der Waals surface area contributed by atoms with Gasteiger partial charge in [-0.3, -0.25) is 4.79 Å². The number of nitrogens with one attached hydrogen (secondary N) is 1. The van der Waals surface area contributed by atoms with Gasteiger partial charge in [0.25, 0.3) is 5.91 Å². The van der Waals surface area contributed by atoms with E-state index in [4.69, 9.17) is 0 Å². The molecule has 1 fully saturated rings. The lowest BCUT2D eigenvalue weighted by atomic mass is 10.1. The molecule has 5 heteroatoms. The summed E-state index contributed by atoms with van der Waals surface area (Å²) in [6.45, 7) is 10.5. The van der Waals surface area contributed by atoms with Crippen molar-refractivity contribution in [2.75, 3.05) is 43.4 Å². The van der Waals surface area contributed by atoms with Crippen LogP contribution in [0.4, 0.5) is 11.4 Å². The lowest BCUT2D eigenvalue weighted by Crippen LogP contribution is -2.44. The molecule has 1 N–H and O–H groups in total. The van der Waals surface area contributed by atoms with Gasteiger partial charge in [0.1, 0.15) is 0 Å². The molecule has 0 aliphatic carbocycles. The van der Waals surface area contributed by atoms with Gasteiger partial charge in [-0.1, -0.05) is 6.92 Å². The molecule has 0 atom stereocenters. The average molecular weight is 358 g/mol. The zero-order chi connectivity index (χ0) is 18.0. The third-order valence-corrected chi connectivity index (χ3v) is 6.27. The Hall–Kier alpha value is -1.85. The Morgan fingerprint density at radius 2 is 1.84 bits per heavy atom. The minimum absolute atomic E-state index is 0.0109. The molecule has 0 unspecified atom stereocenters. The highest BCUT2D eigenvalue weighted by Crippen LogP contribution is 2.26. The highest BCUT2D eigenvalue weighted by molar-refractivity contribution is 7.14. The van der Waals surface area contributed by atoms with Crippen LogP contribution in [0.15, 0.2) is 24.3 Å². The molecule has 1 aliphatic rings. The summed E-state index contributed by atoms with van der Waals surface area (Å²) >= 11 is 1.59. The molecule has 0 saturated carbocycles. The van der Waals surface area contributed by atoms with Crippen molar-refractivity contribution >= 4 is 28.6 Å². The smallest absolute Gasteiger partial charge is 0.265 e. The number of benzene rings is 1. The number of rotatable bonds is 4. The van der Waals surface area contributed by atoms with Crippen molar-refractivity contribution in [3.05, 3.63) is 45.1 Å². The monoisotopic (exact) mass is 357 g/mol. The van der Waals surface area contributed by atoms with Crippen molar-refractivity contribution in [3.8, 4) is 0 Å². The SMILES string of the molecule is CCc1sc(C(=O)Nc2ccc(N3CCN(C)CC3)cc2C)cc1C. The van der Waals surface area contributed by atoms with Crippen molar-refractivity contribution in [1.82, 2.24) is 4.90 Å². The van der Waals surface area contributed by atoms with Gasteiger partial charge >= 0.3 is 0 Å². The standard InChI is InChI=1S/C20H27N3OS/c1-5-18-15(3)13-19(25-18)20(24)21-17-7-6-16(12-14(17)2)23-10-8-22(4)9-11-23/h6-7,12-13H,5,8-11H2,1-4H3,(H,21,24). The number of aryl methyl sites for hydroxylation is 3. The van der Waals surface area contributed by atoms with E-state index in [0.29, 0.717) is 0 Å². The molecule has 134 valence electrons. The summed E-state index contributed by atoms with van der Waals surface area (Å²) in [5.41, 5.74) is 4.45. The summed E-state index contributed by atoms with van der Waals surface area (Å²) in [4.78, 5) is 19.4. The Kier molecular flexibility index (Phi) is 5.45. The number of likely N-dealkylation sites (N-methyl/N-ethyl adjacent to an activating group) is 1. The van der Waals surface area contributed by atoms with E-state index >= 15 is 0 Å². The number of carbonyl (C=O) groups is 1. The molecule has 0 spiro atoms. The zero-order valence-corrected chi connectivity index (χ0v) is 16.4. The normalized spacial score (nSPS) is 15.4. The molecular weight excluding hydrogens is 330 g/mol. The number of nitrogens with zero attached hydrogens (tertiary/aromatic N) is 2. The second kappa shape index (κ2) is 7.58. The van der Waals surface area contributed by atoms with Crippen LogP contribution in [0.2, 0.25) is 0 Å². The first-order chi connectivity index (χ1) is 12.0. The molecule has 1 saturated heterocycles. The van der Waals surface area contributed by atoms with Gasteiger partial charge in [0.05, 0.1) is 4.88 Å². The van der Waals surface area contributed by atoms with Gasteiger partial charge in [-0.25, -0.2) is 0 Å². The van der Waals surface area contributed by atoms with Crippen LogP contribution in [0, 0.1) is 13.8 Å². The van der Waals surface area contributed by atoms with Crippen LogP contribution >= 0.6 is 11.3 Å². The molecule has 1 aromatic heterocycles. The van der Waals surface area contributed by atoms with Crippen LogP contribution in [0.25, 0.3) is 0 Å². The maximum atomic E-state index is 12.6. The highest BCUT2D eigenvalue weighted by atomic mass is 32.1. The molecule has 0 radical (unpaired) electrons. The Morgan fingerprint density at radius 1 is 1.12 bits per heavy atom. The first-order valence-electron chi connectivity index (χ1n) is 8.92. The van der Waals surface area contributed by atoms with Gasteiger partial charge in [-0.05, 0) is 62.7 Å². The Bertz CT molecular complexity index is 760. The first-order valence-corrected chi connectivity index (χ1v) is 9.74. The zero-order valence-electron chi connectivity index (χ0n) is 15.6. The second-order valence-corrected chi connectivity index (χ2v) is 7.95. The number of thiophene rings is 1. The number of carbonyl (C=O) groups excluding carboxylic acids is 1. The van der Waals surface area contributed by atoms with Gasteiger partial charge in [0.2, 0.25) is 0 Å². The van der Waals surface area contributed by atoms with E-state index in [1.54, 1.807) is 11.3 Å². The minimum atomic E-state index is -0.0109. The number of piperazine rings is 1. The summed E-state index contributed by atoms with van der Waals surface area (Å²) in [6, 6.07) is 8.32. The molecule has 0 bridgehead atoms. The van der Waals surface area contributed by atoms with Crippen molar-refractivity contribution in [2.24, 2.45) is 0 Å². The number of hydrogen-bond acceptors (Lipinski definition) is 4. The fourth-order valence-corrected chi connectivity index (χ4v) is 4.23. The van der Waals surface area contributed by atoms with Crippen LogP contribution in [0.1, 0.15) is 32.6 Å². The molecule has 1 aromatic carbocycles. The summed E-state index contributed by atoms with van der Waals surface area (Å²) in [5, 5.41) is 3.07. The van der Waals surface area contributed by atoms with Gasteiger partial charge in [0, 0.05) is 42.4 Å². The van der Waals surface area contributed by atoms with Crippen LogP contribution < -0.4 is 10.2 Å². The average Bonchev–Trinajstić information content (AvgIpc) is 2.98. The van der Waals surface area contributed by atoms with Crippen LogP contribution in [0.5, 0.6) is 0 Å². The van der Waals surface area contributed by atoms with Crippen LogP contribution in [-0.4, -0.2) is 44.0 Å². The summed E-state index contributed by atoms with van der Waals surface area (Å²) in [5.74, 6) is -0.0109. The van der Waals surface area contributed by atoms with E-state index in [1.165, 1.54) is 16.1 Å². The lowest BCUT2D eigenvalue weighted by molar-refractivity contribution is 0.103. The maximum Gasteiger partial charge on any atom is 0.265 e. The van der Waals surface area contributed by atoms with Crippen LogP contribution in [0.3, 0.4) is 0 Å². The van der Waals surface area contributed by atoms with E-state index in [-0.39, 0.29) is 5.91 Å². The van der Waals surface area contributed by atoms with Gasteiger partial charge < -0.3 is 15.1 Å². The fraction of sp³-hybridized carbons (Fsp3) is 0.450. The van der Waals surface area contributed by atoms with Crippen molar-refractivity contribution in [2.45, 2.75) is 27.2 Å². The predicted molar refractivity (Wildman–Crippen MR) is 107 cm³/mol. The Labute approximate surface area is 154 Å². The second-order valence-electron chi connectivity index (χ2n) is 6.81. The molecule has 2 heterocycles. The topological polar surface area (TPSA) is 35.6 Å². The molecule has 2 aromatic rings. The Morgan fingerprint density at radius 3 is 2.44 bits per heavy atom. The third kappa shape index (κ3) is 4.05. The van der Waals surface area contributed by atoms with Crippen molar-refractivity contribution < 1.29 is 4.79 Å². The van der Waals surface area contributed by atoms with Gasteiger partial charge in [0.15, 0.2) is 0 Å². The molecular formula is C20H27N3OS. The summed E-state index contributed by atoms with van der Waals surface area (Å²) in [7, 11) is 2.16. The highest BCUT2D eigenvalue weighted by Gasteiger charge is 2.16. The molecule has 1 aliphatic heterocycles. The number of hydrogen-bond donors (Lipinski definition) is 1. The van der Waals surface area contributed by atoms with E-state index in [2.05, 4.69) is 55.1 Å². The number of anilines is 2. The van der Waals surface area contributed by atoms with E-state index < -0.39 is 0 Å². The van der Waals surface area contributed by atoms with E-state index in [9.17, 15) is 4.79 Å². The summed E-state index contributed by atoms with van der Waals surface area (Å²) < 4.78 is 0. The molecule has 4 nitrogen and oxygen atoms in total. The molecule has 3 rings (SSSR count). The first kappa shape index (κ1) is 18.0. The fourth-order valence-electron chi connectivity index (χ4n) is 3.22. The molecule has 1 amide bonds. The Balaban J connectivity index is 1.71. The third-order valence-electron chi connectivity index (χ3n) is 4.89. The molecule has 25 heavy (non-hydrogen) atoms. The van der Waals surface area contributed by atoms with Crippen LogP contribution in [-0.2, 0) is 6.42 Å². The van der Waals surface area contributed by atoms with Crippen molar-refractivity contribution in [1.29, 1.82) is 0 Å². The lowest BCUT2D eigenvalue weighted by Gasteiger charge is -2.34. The maximum absolute atomic E-state index is 12.6.